The third-order valence-electron chi connectivity index (χ3n) is 14.1. The van der Waals surface area contributed by atoms with Crippen LogP contribution in [0.4, 0.5) is 0 Å². The van der Waals surface area contributed by atoms with E-state index in [-0.39, 0.29) is 25.9 Å². The molecule has 1 aliphatic rings. The number of aliphatic hydroxyl groups is 2. The number of rotatable bonds is 55. The Morgan fingerprint density at radius 2 is 0.747 bits per heavy atom. The van der Waals surface area contributed by atoms with Crippen LogP contribution in [0.25, 0.3) is 0 Å². The van der Waals surface area contributed by atoms with Gasteiger partial charge in [-0.25, -0.2) is 4.79 Å². The molecule has 0 amide bonds. The fraction of sp³-hybridized carbons (Fsp3) is 0.600. The lowest BCUT2D eigenvalue weighted by molar-refractivity contribution is -0.301. The Kier molecular flexibility index (Phi) is 55.3. The van der Waals surface area contributed by atoms with Gasteiger partial charge in [-0.15, -0.1) is 0 Å². The minimum absolute atomic E-state index is 0.0262. The summed E-state index contributed by atoms with van der Waals surface area (Å²) in [6.07, 6.45) is 76.3. The smallest absolute Gasteiger partial charge is 0.335 e. The minimum Gasteiger partial charge on any atom is -0.479 e. The third-order valence-corrected chi connectivity index (χ3v) is 14.1. The van der Waals surface area contributed by atoms with Crippen LogP contribution >= 0.6 is 0 Å². The summed E-state index contributed by atoms with van der Waals surface area (Å²) in [6, 6.07) is 0. The van der Waals surface area contributed by atoms with E-state index in [1.807, 2.05) is 12.2 Å². The van der Waals surface area contributed by atoms with Gasteiger partial charge in [-0.3, -0.25) is 14.4 Å². The van der Waals surface area contributed by atoms with Crippen molar-refractivity contribution in [3.8, 4) is 0 Å². The van der Waals surface area contributed by atoms with Crippen molar-refractivity contribution in [2.45, 2.75) is 276 Å². The molecule has 0 aromatic heterocycles. The average molecular weight is 1210 g/mol. The number of hydrogen-bond donors (Lipinski definition) is 3. The summed E-state index contributed by atoms with van der Waals surface area (Å²) in [7, 11) is 0. The summed E-state index contributed by atoms with van der Waals surface area (Å²) >= 11 is 0. The predicted molar refractivity (Wildman–Crippen MR) is 358 cm³/mol. The first kappa shape index (κ1) is 79.4. The number of carboxylic acid groups (broad SMARTS) is 1. The van der Waals surface area contributed by atoms with Gasteiger partial charge in [-0.05, 0) is 135 Å². The molecule has 1 heterocycles. The quantitative estimate of drug-likeness (QED) is 0.0228. The Bertz CT molecular complexity index is 2120. The van der Waals surface area contributed by atoms with Crippen molar-refractivity contribution in [3.63, 3.8) is 0 Å². The van der Waals surface area contributed by atoms with Crippen molar-refractivity contribution in [1.82, 2.24) is 0 Å². The highest BCUT2D eigenvalue weighted by molar-refractivity contribution is 5.74. The van der Waals surface area contributed by atoms with E-state index in [1.54, 1.807) is 0 Å². The summed E-state index contributed by atoms with van der Waals surface area (Å²) < 4.78 is 28.5. The normalized spacial score (nSPS) is 18.4. The maximum Gasteiger partial charge on any atom is 0.335 e. The summed E-state index contributed by atoms with van der Waals surface area (Å²) in [5.74, 6) is -3.29. The Morgan fingerprint density at radius 1 is 0.391 bits per heavy atom. The molecule has 0 aromatic rings. The first-order chi connectivity index (χ1) is 42.6. The fourth-order valence-electron chi connectivity index (χ4n) is 9.04. The number of carbonyl (C=O) groups excluding carboxylic acids is 3. The van der Waals surface area contributed by atoms with Crippen LogP contribution in [0.1, 0.15) is 239 Å². The van der Waals surface area contributed by atoms with Gasteiger partial charge in [0.25, 0.3) is 0 Å². The molecule has 1 saturated heterocycles. The molecule has 1 rings (SSSR count). The van der Waals surface area contributed by atoms with Gasteiger partial charge in [0.2, 0.25) is 0 Å². The van der Waals surface area contributed by atoms with Crippen LogP contribution in [-0.4, -0.2) is 89.2 Å². The van der Waals surface area contributed by atoms with Gasteiger partial charge in [0.15, 0.2) is 24.6 Å². The molecule has 1 fully saturated rings. The second-order valence-corrected chi connectivity index (χ2v) is 22.0. The monoisotopic (exact) mass is 1210 g/mol. The molecule has 0 saturated carbocycles. The number of ether oxygens (including phenoxy) is 5. The van der Waals surface area contributed by atoms with Crippen LogP contribution in [0.5, 0.6) is 0 Å². The van der Waals surface area contributed by atoms with Crippen molar-refractivity contribution < 1.29 is 58.2 Å². The van der Waals surface area contributed by atoms with Crippen molar-refractivity contribution >= 4 is 23.9 Å². The summed E-state index contributed by atoms with van der Waals surface area (Å²) in [4.78, 5) is 51.4. The van der Waals surface area contributed by atoms with Crippen LogP contribution in [0.15, 0.2) is 158 Å². The van der Waals surface area contributed by atoms with Gasteiger partial charge in [0.1, 0.15) is 18.8 Å². The third kappa shape index (κ3) is 50.0. The van der Waals surface area contributed by atoms with E-state index >= 15 is 0 Å². The van der Waals surface area contributed by atoms with Crippen LogP contribution < -0.4 is 0 Å². The molecule has 1 aliphatic heterocycles. The molecule has 0 radical (unpaired) electrons. The maximum atomic E-state index is 13.2. The molecule has 0 aromatic carbocycles. The summed E-state index contributed by atoms with van der Waals surface area (Å²) in [5, 5.41) is 31.6. The predicted octanol–water partition coefficient (Wildman–Crippen LogP) is 18.5. The van der Waals surface area contributed by atoms with Crippen molar-refractivity contribution in [3.05, 3.63) is 158 Å². The molecular weight excluding hydrogens is 1090 g/mol. The molecule has 488 valence electrons. The number of allylic oxidation sites excluding steroid dienone is 26. The molecule has 12 heteroatoms. The molecule has 6 atom stereocenters. The zero-order chi connectivity index (χ0) is 63.1. The van der Waals surface area contributed by atoms with E-state index in [2.05, 4.69) is 167 Å². The molecule has 0 aliphatic carbocycles. The Hall–Kier alpha value is -5.66. The molecule has 3 N–H and O–H groups in total. The first-order valence-electron chi connectivity index (χ1n) is 33.5. The van der Waals surface area contributed by atoms with Crippen LogP contribution in [0, 0.1) is 0 Å². The summed E-state index contributed by atoms with van der Waals surface area (Å²) in [6.45, 7) is 5.67. The number of carboxylic acids is 1. The molecule has 6 unspecified atom stereocenters. The van der Waals surface area contributed by atoms with Crippen molar-refractivity contribution in [1.29, 1.82) is 0 Å². The zero-order valence-corrected chi connectivity index (χ0v) is 53.9. The SMILES string of the molecule is CC/C=C\C/C=C\C/C=C\C/C=C\C/C=C\C/C=C\CCC(=O)OCC(COC1OC(C(=O)O)C(O)C(O)C1OC(=O)CCCCCCCC/C=C\C/C=C\C/C=C\C/C=C\CC)OC(=O)CCCCCCCC/C=C\C/C=C\C/C=C\CCCCC. The zero-order valence-electron chi connectivity index (χ0n) is 53.9. The van der Waals surface area contributed by atoms with Gasteiger partial charge in [-0.1, -0.05) is 243 Å². The largest absolute Gasteiger partial charge is 0.479 e. The maximum absolute atomic E-state index is 13.2. The highest BCUT2D eigenvalue weighted by Gasteiger charge is 2.50. The molecule has 0 spiro atoms. The van der Waals surface area contributed by atoms with E-state index in [0.717, 1.165) is 154 Å². The molecular formula is C75H116O12. The van der Waals surface area contributed by atoms with E-state index in [0.29, 0.717) is 25.7 Å². The van der Waals surface area contributed by atoms with Crippen molar-refractivity contribution in [2.24, 2.45) is 0 Å². The topological polar surface area (TPSA) is 175 Å². The van der Waals surface area contributed by atoms with Crippen LogP contribution in [0.2, 0.25) is 0 Å². The van der Waals surface area contributed by atoms with E-state index in [1.165, 1.54) is 19.3 Å². The second-order valence-electron chi connectivity index (χ2n) is 22.0. The van der Waals surface area contributed by atoms with Gasteiger partial charge in [0.05, 0.1) is 6.61 Å². The summed E-state index contributed by atoms with van der Waals surface area (Å²) in [5.41, 5.74) is 0. The van der Waals surface area contributed by atoms with Crippen LogP contribution in [-0.2, 0) is 42.9 Å². The van der Waals surface area contributed by atoms with E-state index in [9.17, 15) is 34.5 Å². The van der Waals surface area contributed by atoms with Gasteiger partial charge in [0, 0.05) is 19.3 Å². The number of aliphatic carboxylic acids is 1. The lowest BCUT2D eigenvalue weighted by Gasteiger charge is -2.40. The standard InChI is InChI=1S/C75H116O12/c1-4-7-10-13-16-19-22-25-28-31-34-37-40-43-46-49-52-55-58-61-67(76)83-64-66(85-68(77)62-59-56-53-50-47-44-41-38-35-32-29-26-23-20-17-14-11-8-5-2)65-84-75-73(71(80)70(79)72(87-75)74(81)82)86-69(78)63-60-57-54-51-48-45-42-39-36-33-30-27-24-21-18-15-12-9-6-3/h7,9-10,12,16-21,25-30,34-39,43,46,52,55,66,70-73,75,79-80H,4-6,8,11,13-15,22-24,31-33,40-42,44-45,47-51,53-54,56-65H2,1-3H3,(H,81,82)/b10-7-,12-9-,19-16-,20-17-,21-18-,28-25-,29-26-,30-27-,37-34-,38-35-,39-36-,46-43-,55-52-. The Balaban J connectivity index is 2.73. The molecule has 0 bridgehead atoms. The number of esters is 3. The highest BCUT2D eigenvalue weighted by atomic mass is 16.7. The second kappa shape index (κ2) is 60.6. The van der Waals surface area contributed by atoms with Crippen LogP contribution in [0.3, 0.4) is 0 Å². The Labute approximate surface area is 526 Å². The van der Waals surface area contributed by atoms with Gasteiger partial charge < -0.3 is 39.0 Å². The van der Waals surface area contributed by atoms with Crippen molar-refractivity contribution in [2.75, 3.05) is 13.2 Å². The molecule has 12 nitrogen and oxygen atoms in total. The number of aliphatic hydroxyl groups excluding tert-OH is 2. The first-order valence-corrected chi connectivity index (χ1v) is 33.5. The number of carbonyl (C=O) groups is 4. The minimum atomic E-state index is -1.93. The highest BCUT2D eigenvalue weighted by Crippen LogP contribution is 2.26. The van der Waals surface area contributed by atoms with E-state index < -0.39 is 67.3 Å². The molecule has 87 heavy (non-hydrogen) atoms. The lowest BCUT2D eigenvalue weighted by Crippen LogP contribution is -2.61. The number of unbranched alkanes of at least 4 members (excludes halogenated alkanes) is 15. The fourth-order valence-corrected chi connectivity index (χ4v) is 9.04. The number of hydrogen-bond acceptors (Lipinski definition) is 11. The van der Waals surface area contributed by atoms with E-state index in [4.69, 9.17) is 23.7 Å². The average Bonchev–Trinajstić information content (AvgIpc) is 2.56. The lowest BCUT2D eigenvalue weighted by atomic mass is 9.98. The van der Waals surface area contributed by atoms with Gasteiger partial charge >= 0.3 is 23.9 Å². The van der Waals surface area contributed by atoms with Gasteiger partial charge in [-0.2, -0.15) is 0 Å². The Morgan fingerprint density at radius 3 is 1.15 bits per heavy atom.